The molecule has 0 aliphatic heterocycles. The van der Waals surface area contributed by atoms with Gasteiger partial charge in [0.25, 0.3) is 0 Å². The third kappa shape index (κ3) is 3.72. The van der Waals surface area contributed by atoms with Crippen molar-refractivity contribution in [3.8, 4) is 0 Å². The van der Waals surface area contributed by atoms with E-state index in [9.17, 15) is 0 Å². The number of ether oxygens (including phenoxy) is 1. The molecule has 0 aromatic carbocycles. The van der Waals surface area contributed by atoms with E-state index in [0.717, 1.165) is 24.2 Å². The van der Waals surface area contributed by atoms with Crippen LogP contribution in [0.3, 0.4) is 0 Å². The van der Waals surface area contributed by atoms with Crippen LogP contribution in [0, 0.1) is 0 Å². The van der Waals surface area contributed by atoms with Gasteiger partial charge in [-0.1, -0.05) is 13.5 Å². The van der Waals surface area contributed by atoms with Crippen LogP contribution in [0.25, 0.3) is 5.76 Å². The van der Waals surface area contributed by atoms with Crippen molar-refractivity contribution in [3.63, 3.8) is 0 Å². The van der Waals surface area contributed by atoms with Crippen LogP contribution < -0.4 is 5.32 Å². The lowest BCUT2D eigenvalue weighted by molar-refractivity contribution is 0.299. The summed E-state index contributed by atoms with van der Waals surface area (Å²) in [5.41, 5.74) is 2.10. The molecule has 0 saturated carbocycles. The van der Waals surface area contributed by atoms with Gasteiger partial charge in [-0.2, -0.15) is 0 Å². The Labute approximate surface area is 91.2 Å². The maximum Gasteiger partial charge on any atom is 0.120 e. The summed E-state index contributed by atoms with van der Waals surface area (Å²) in [6.07, 6.45) is 3.62. The van der Waals surface area contributed by atoms with Crippen molar-refractivity contribution in [1.82, 2.24) is 10.3 Å². The molecule has 1 N–H and O–H groups in total. The molecule has 15 heavy (non-hydrogen) atoms. The second-order valence-electron chi connectivity index (χ2n) is 3.22. The van der Waals surface area contributed by atoms with Crippen molar-refractivity contribution >= 4 is 5.76 Å². The van der Waals surface area contributed by atoms with E-state index in [1.54, 1.807) is 6.20 Å². The molecule has 0 unspecified atom stereocenters. The summed E-state index contributed by atoms with van der Waals surface area (Å²) in [7, 11) is 0. The molecule has 0 atom stereocenters. The standard InChI is InChI=1S/C12H18N2O/c1-4-13-7-11-6-12(9-14-8-11)10(3)15-5-2/h6,8-9,13H,3-5,7H2,1-2H3. The van der Waals surface area contributed by atoms with Crippen LogP contribution in [0.15, 0.2) is 25.0 Å². The zero-order chi connectivity index (χ0) is 11.1. The van der Waals surface area contributed by atoms with E-state index in [0.29, 0.717) is 12.4 Å². The average molecular weight is 206 g/mol. The Hall–Kier alpha value is -1.35. The fourth-order valence-corrected chi connectivity index (χ4v) is 1.26. The molecule has 0 radical (unpaired) electrons. The molecule has 0 spiro atoms. The maximum atomic E-state index is 5.33. The minimum Gasteiger partial charge on any atom is -0.494 e. The average Bonchev–Trinajstić information content (AvgIpc) is 2.27. The quantitative estimate of drug-likeness (QED) is 0.724. The van der Waals surface area contributed by atoms with Gasteiger partial charge in [-0.3, -0.25) is 4.98 Å². The van der Waals surface area contributed by atoms with Gasteiger partial charge in [0, 0.05) is 24.5 Å². The van der Waals surface area contributed by atoms with Crippen molar-refractivity contribution < 1.29 is 4.74 Å². The first-order valence-corrected chi connectivity index (χ1v) is 5.24. The van der Waals surface area contributed by atoms with Gasteiger partial charge in [-0.15, -0.1) is 0 Å². The van der Waals surface area contributed by atoms with Crippen LogP contribution in [0.5, 0.6) is 0 Å². The molecule has 1 heterocycles. The lowest BCUT2D eigenvalue weighted by Gasteiger charge is -2.08. The fourth-order valence-electron chi connectivity index (χ4n) is 1.26. The summed E-state index contributed by atoms with van der Waals surface area (Å²) < 4.78 is 5.33. The predicted octanol–water partition coefficient (Wildman–Crippen LogP) is 2.20. The molecule has 82 valence electrons. The zero-order valence-electron chi connectivity index (χ0n) is 9.42. The number of nitrogens with one attached hydrogen (secondary N) is 1. The molecule has 3 heteroatoms. The zero-order valence-corrected chi connectivity index (χ0v) is 9.42. The Kier molecular flexibility index (Phi) is 4.84. The first kappa shape index (κ1) is 11.7. The number of aromatic nitrogens is 1. The van der Waals surface area contributed by atoms with E-state index >= 15 is 0 Å². The molecular formula is C12H18N2O. The smallest absolute Gasteiger partial charge is 0.120 e. The summed E-state index contributed by atoms with van der Waals surface area (Å²) in [6, 6.07) is 2.05. The van der Waals surface area contributed by atoms with Gasteiger partial charge >= 0.3 is 0 Å². The van der Waals surface area contributed by atoms with Crippen LogP contribution in [-0.2, 0) is 11.3 Å². The first-order chi connectivity index (χ1) is 7.27. The van der Waals surface area contributed by atoms with Crippen molar-refractivity contribution in [1.29, 1.82) is 0 Å². The largest absolute Gasteiger partial charge is 0.494 e. The van der Waals surface area contributed by atoms with E-state index in [-0.39, 0.29) is 0 Å². The third-order valence-electron chi connectivity index (χ3n) is 2.01. The lowest BCUT2D eigenvalue weighted by Crippen LogP contribution is -2.12. The van der Waals surface area contributed by atoms with Crippen LogP contribution in [0.2, 0.25) is 0 Å². The summed E-state index contributed by atoms with van der Waals surface area (Å²) in [4.78, 5) is 4.16. The molecule has 0 aliphatic carbocycles. The highest BCUT2D eigenvalue weighted by molar-refractivity contribution is 5.56. The number of nitrogens with zero attached hydrogens (tertiary/aromatic N) is 1. The van der Waals surface area contributed by atoms with Crippen LogP contribution in [0.4, 0.5) is 0 Å². The Morgan fingerprint density at radius 3 is 2.93 bits per heavy atom. The molecule has 0 aliphatic rings. The Balaban J connectivity index is 2.69. The van der Waals surface area contributed by atoms with Crippen molar-refractivity contribution in [2.75, 3.05) is 13.2 Å². The molecule has 0 amide bonds. The van der Waals surface area contributed by atoms with Crippen LogP contribution in [-0.4, -0.2) is 18.1 Å². The summed E-state index contributed by atoms with van der Waals surface area (Å²) in [5, 5.41) is 3.25. The minimum absolute atomic E-state index is 0.635. The molecule has 0 bridgehead atoms. The van der Waals surface area contributed by atoms with Crippen LogP contribution in [0.1, 0.15) is 25.0 Å². The van der Waals surface area contributed by atoms with Gasteiger partial charge < -0.3 is 10.1 Å². The van der Waals surface area contributed by atoms with Crippen molar-refractivity contribution in [2.45, 2.75) is 20.4 Å². The third-order valence-corrected chi connectivity index (χ3v) is 2.01. The van der Waals surface area contributed by atoms with Gasteiger partial charge in [0.1, 0.15) is 5.76 Å². The number of rotatable bonds is 6. The summed E-state index contributed by atoms with van der Waals surface area (Å²) >= 11 is 0. The highest BCUT2D eigenvalue weighted by Gasteiger charge is 2.01. The van der Waals surface area contributed by atoms with E-state index in [4.69, 9.17) is 4.74 Å². The van der Waals surface area contributed by atoms with Gasteiger partial charge in [-0.25, -0.2) is 0 Å². The number of hydrogen-bond donors (Lipinski definition) is 1. The second kappa shape index (κ2) is 6.19. The molecule has 1 rings (SSSR count). The first-order valence-electron chi connectivity index (χ1n) is 5.24. The topological polar surface area (TPSA) is 34.1 Å². The lowest BCUT2D eigenvalue weighted by atomic mass is 10.2. The maximum absolute atomic E-state index is 5.33. The van der Waals surface area contributed by atoms with E-state index in [1.165, 1.54) is 0 Å². The Morgan fingerprint density at radius 1 is 1.47 bits per heavy atom. The predicted molar refractivity (Wildman–Crippen MR) is 62.3 cm³/mol. The molecule has 0 saturated heterocycles. The molecule has 0 fully saturated rings. The fraction of sp³-hybridized carbons (Fsp3) is 0.417. The normalized spacial score (nSPS) is 10.0. The highest BCUT2D eigenvalue weighted by Crippen LogP contribution is 2.13. The number of hydrogen-bond acceptors (Lipinski definition) is 3. The molecule has 3 nitrogen and oxygen atoms in total. The SMILES string of the molecule is C=C(OCC)c1cncc(CNCC)c1. The Morgan fingerprint density at radius 2 is 2.27 bits per heavy atom. The molecule has 1 aromatic heterocycles. The minimum atomic E-state index is 0.635. The Bertz CT molecular complexity index is 323. The van der Waals surface area contributed by atoms with Gasteiger partial charge in [0.15, 0.2) is 0 Å². The monoisotopic (exact) mass is 206 g/mol. The highest BCUT2D eigenvalue weighted by atomic mass is 16.5. The number of pyridine rings is 1. The van der Waals surface area contributed by atoms with E-state index in [2.05, 4.69) is 23.8 Å². The van der Waals surface area contributed by atoms with Gasteiger partial charge in [0.2, 0.25) is 0 Å². The van der Waals surface area contributed by atoms with Gasteiger partial charge in [-0.05, 0) is 25.1 Å². The van der Waals surface area contributed by atoms with Crippen molar-refractivity contribution in [2.24, 2.45) is 0 Å². The van der Waals surface area contributed by atoms with E-state index < -0.39 is 0 Å². The summed E-state index contributed by atoms with van der Waals surface area (Å²) in [6.45, 7) is 10.3. The van der Waals surface area contributed by atoms with Crippen molar-refractivity contribution in [3.05, 3.63) is 36.2 Å². The summed E-state index contributed by atoms with van der Waals surface area (Å²) in [5.74, 6) is 0.684. The van der Waals surface area contributed by atoms with Gasteiger partial charge in [0.05, 0.1) is 6.61 Å². The van der Waals surface area contributed by atoms with Crippen LogP contribution >= 0.6 is 0 Å². The molecular weight excluding hydrogens is 188 g/mol. The van der Waals surface area contributed by atoms with E-state index in [1.807, 2.05) is 19.2 Å². The molecule has 1 aromatic rings. The second-order valence-corrected chi connectivity index (χ2v) is 3.22.